The molecular weight excluding hydrogens is 134 g/mol. The van der Waals surface area contributed by atoms with Crippen molar-refractivity contribution in [2.75, 3.05) is 0 Å². The Balaban J connectivity index is 3.00. The third kappa shape index (κ3) is 1.34. The zero-order chi connectivity index (χ0) is 7.56. The van der Waals surface area contributed by atoms with Crippen molar-refractivity contribution in [1.82, 2.24) is 10.2 Å². The number of ketones is 1. The zero-order valence-corrected chi connectivity index (χ0v) is 5.34. The lowest BCUT2D eigenvalue weighted by Gasteiger charge is -1.89. The Kier molecular flexibility index (Phi) is 1.71. The summed E-state index contributed by atoms with van der Waals surface area (Å²) in [7, 11) is 0. The van der Waals surface area contributed by atoms with Crippen LogP contribution in [0.15, 0.2) is 12.1 Å². The first-order valence-electron chi connectivity index (χ1n) is 2.70. The molecule has 52 valence electrons. The highest BCUT2D eigenvalue weighted by atomic mass is 18.2. The van der Waals surface area contributed by atoms with Gasteiger partial charge in [-0.1, -0.05) is 0 Å². The number of carbonyl (C=O) groups is 1. The van der Waals surface area contributed by atoms with Crippen molar-refractivity contribution in [3.63, 3.8) is 0 Å². The molecule has 1 aromatic rings. The van der Waals surface area contributed by atoms with E-state index in [1.807, 2.05) is 0 Å². The molecule has 0 spiro atoms. The summed E-state index contributed by atoms with van der Waals surface area (Å²) in [5, 5.41) is 6.37. The molecule has 0 aromatic carbocycles. The summed E-state index contributed by atoms with van der Waals surface area (Å²) >= 11 is 0. The second-order valence-electron chi connectivity index (χ2n) is 1.80. The molecule has 1 heterocycles. The number of rotatable bonds is 1. The predicted molar refractivity (Wildman–Crippen MR) is 32.0 cm³/mol. The molecule has 1 rings (SSSR count). The predicted octanol–water partition coefficient (Wildman–Crippen LogP) is 0.818. The second kappa shape index (κ2) is 2.51. The fourth-order valence-corrected chi connectivity index (χ4v) is 0.504. The van der Waals surface area contributed by atoms with Crippen LogP contribution >= 0.6 is 0 Å². The second-order valence-corrected chi connectivity index (χ2v) is 1.80. The fraction of sp³-hybridized carbons (Fsp3) is 0.167. The van der Waals surface area contributed by atoms with Crippen molar-refractivity contribution in [3.05, 3.63) is 23.8 Å². The first kappa shape index (κ1) is 6.80. The SMILES string of the molecule is CC(=O)c1ccc([18F])nn1. The Hall–Kier alpha value is -1.32. The van der Waals surface area contributed by atoms with Crippen LogP contribution in [-0.4, -0.2) is 16.0 Å². The summed E-state index contributed by atoms with van der Waals surface area (Å²) in [4.78, 5) is 10.5. The van der Waals surface area contributed by atoms with Crippen LogP contribution in [0.4, 0.5) is 4.39 Å². The van der Waals surface area contributed by atoms with Gasteiger partial charge in [-0.2, -0.15) is 4.39 Å². The lowest BCUT2D eigenvalue weighted by atomic mass is 10.3. The van der Waals surface area contributed by atoms with Crippen LogP contribution in [0.2, 0.25) is 0 Å². The Morgan fingerprint density at radius 3 is 2.60 bits per heavy atom. The van der Waals surface area contributed by atoms with E-state index in [4.69, 9.17) is 0 Å². The first-order chi connectivity index (χ1) is 4.70. The number of hydrogen-bond donors (Lipinski definition) is 0. The van der Waals surface area contributed by atoms with E-state index in [9.17, 15) is 9.18 Å². The molecule has 0 aliphatic carbocycles. The van der Waals surface area contributed by atoms with Crippen molar-refractivity contribution in [2.45, 2.75) is 6.92 Å². The molecule has 0 amide bonds. The Morgan fingerprint density at radius 1 is 1.50 bits per heavy atom. The number of Topliss-reactive ketones (excluding diaryl/α,β-unsaturated/α-hetero) is 1. The Labute approximate surface area is 56.9 Å². The van der Waals surface area contributed by atoms with Gasteiger partial charge >= 0.3 is 0 Å². The summed E-state index contributed by atoms with van der Waals surface area (Å²) in [6, 6.07) is 2.40. The lowest BCUT2D eigenvalue weighted by molar-refractivity contribution is 0.101. The summed E-state index contributed by atoms with van der Waals surface area (Å²) in [6.07, 6.45) is 0. The molecule has 0 saturated carbocycles. The van der Waals surface area contributed by atoms with Gasteiger partial charge in [0.25, 0.3) is 0 Å². The van der Waals surface area contributed by atoms with Crippen molar-refractivity contribution >= 4 is 5.78 Å². The number of nitrogens with zero attached hydrogens (tertiary/aromatic N) is 2. The number of hydrogen-bond acceptors (Lipinski definition) is 3. The highest BCUT2D eigenvalue weighted by Gasteiger charge is 1.99. The monoisotopic (exact) mass is 139 g/mol. The van der Waals surface area contributed by atoms with Crippen LogP contribution in [0.5, 0.6) is 0 Å². The fourth-order valence-electron chi connectivity index (χ4n) is 0.504. The molecule has 0 saturated heterocycles. The number of aromatic nitrogens is 2. The lowest BCUT2D eigenvalue weighted by Crippen LogP contribution is -1.99. The van der Waals surface area contributed by atoms with E-state index >= 15 is 0 Å². The molecule has 10 heavy (non-hydrogen) atoms. The van der Waals surface area contributed by atoms with Gasteiger partial charge in [0.1, 0.15) is 5.69 Å². The van der Waals surface area contributed by atoms with Crippen LogP contribution in [0.3, 0.4) is 0 Å². The average molecular weight is 139 g/mol. The van der Waals surface area contributed by atoms with Crippen molar-refractivity contribution < 1.29 is 9.18 Å². The van der Waals surface area contributed by atoms with Crippen LogP contribution in [0.1, 0.15) is 17.4 Å². The minimum absolute atomic E-state index is 0.182. The molecular formula is C6H5FN2O. The summed E-state index contributed by atoms with van der Waals surface area (Å²) in [5.74, 6) is -0.891. The molecule has 0 fully saturated rings. The van der Waals surface area contributed by atoms with Gasteiger partial charge in [0.2, 0.25) is 5.95 Å². The van der Waals surface area contributed by atoms with Gasteiger partial charge in [-0.05, 0) is 12.1 Å². The molecule has 0 unspecified atom stereocenters. The van der Waals surface area contributed by atoms with Crippen LogP contribution in [-0.2, 0) is 0 Å². The molecule has 3 nitrogen and oxygen atoms in total. The van der Waals surface area contributed by atoms with E-state index in [1.54, 1.807) is 0 Å². The molecule has 1 aromatic heterocycles. The minimum Gasteiger partial charge on any atom is -0.293 e. The standard InChI is InChI=1S/C6H5FN2O/c1-4(10)5-2-3-6(7)9-8-5/h2-3H,1H3/i7-1. The van der Waals surface area contributed by atoms with Gasteiger partial charge in [0, 0.05) is 6.92 Å². The molecule has 0 aliphatic rings. The van der Waals surface area contributed by atoms with Crippen molar-refractivity contribution in [3.8, 4) is 0 Å². The van der Waals surface area contributed by atoms with E-state index in [0.29, 0.717) is 0 Å². The van der Waals surface area contributed by atoms with Gasteiger partial charge in [0.05, 0.1) is 0 Å². The Bertz CT molecular complexity index is 244. The summed E-state index contributed by atoms with van der Waals surface area (Å²) < 4.78 is 12.1. The maximum absolute atomic E-state index is 12.1. The highest BCUT2D eigenvalue weighted by Crippen LogP contribution is 1.94. The quantitative estimate of drug-likeness (QED) is 0.541. The highest BCUT2D eigenvalue weighted by molar-refractivity contribution is 5.91. The summed E-state index contributed by atoms with van der Waals surface area (Å²) in [5.41, 5.74) is 0.182. The number of halogens is 1. The van der Waals surface area contributed by atoms with E-state index in [-0.39, 0.29) is 11.5 Å². The maximum Gasteiger partial charge on any atom is 0.233 e. The molecule has 0 aliphatic heterocycles. The van der Waals surface area contributed by atoms with Gasteiger partial charge in [-0.15, -0.1) is 10.2 Å². The average Bonchev–Trinajstić information content (AvgIpc) is 1.88. The molecule has 0 bridgehead atoms. The molecule has 4 heteroatoms. The van der Waals surface area contributed by atoms with Crippen molar-refractivity contribution in [1.29, 1.82) is 0 Å². The van der Waals surface area contributed by atoms with Gasteiger partial charge in [-0.3, -0.25) is 4.79 Å². The van der Waals surface area contributed by atoms with Crippen molar-refractivity contribution in [2.24, 2.45) is 0 Å². The Morgan fingerprint density at radius 2 is 2.20 bits per heavy atom. The van der Waals surface area contributed by atoms with Gasteiger partial charge in [-0.25, -0.2) is 0 Å². The zero-order valence-electron chi connectivity index (χ0n) is 5.34. The topological polar surface area (TPSA) is 42.9 Å². The smallest absolute Gasteiger partial charge is 0.233 e. The minimum atomic E-state index is -0.676. The van der Waals surface area contributed by atoms with Crippen LogP contribution in [0, 0.1) is 5.95 Å². The molecule has 0 N–H and O–H groups in total. The third-order valence-electron chi connectivity index (χ3n) is 0.993. The van der Waals surface area contributed by atoms with E-state index < -0.39 is 5.95 Å². The van der Waals surface area contributed by atoms with E-state index in [1.165, 1.54) is 13.0 Å². The maximum atomic E-state index is 12.1. The van der Waals surface area contributed by atoms with Gasteiger partial charge in [0.15, 0.2) is 5.78 Å². The van der Waals surface area contributed by atoms with Crippen LogP contribution < -0.4 is 0 Å². The number of carbonyl (C=O) groups excluding carboxylic acids is 1. The van der Waals surface area contributed by atoms with E-state index in [0.717, 1.165) is 6.07 Å². The normalized spacial score (nSPS) is 9.40. The summed E-state index contributed by atoms with van der Waals surface area (Å²) in [6.45, 7) is 1.35. The first-order valence-corrected chi connectivity index (χ1v) is 2.70. The largest absolute Gasteiger partial charge is 0.293 e. The third-order valence-corrected chi connectivity index (χ3v) is 0.993. The molecule has 0 atom stereocenters. The van der Waals surface area contributed by atoms with Gasteiger partial charge < -0.3 is 0 Å². The molecule has 0 radical (unpaired) electrons. The van der Waals surface area contributed by atoms with E-state index in [2.05, 4.69) is 10.2 Å². The van der Waals surface area contributed by atoms with Crippen LogP contribution in [0.25, 0.3) is 0 Å².